The molecule has 0 aliphatic heterocycles. The number of anilines is 1. The van der Waals surface area contributed by atoms with E-state index in [-0.39, 0.29) is 12.5 Å². The lowest BCUT2D eigenvalue weighted by molar-refractivity contribution is -0.137. The first-order valence-corrected chi connectivity index (χ1v) is 5.49. The molecule has 4 heteroatoms. The van der Waals surface area contributed by atoms with Crippen molar-refractivity contribution in [3.63, 3.8) is 0 Å². The van der Waals surface area contributed by atoms with Crippen molar-refractivity contribution in [2.24, 2.45) is 0 Å². The summed E-state index contributed by atoms with van der Waals surface area (Å²) in [5, 5.41) is 12.8. The number of carbonyl (C=O) groups is 1. The van der Waals surface area contributed by atoms with Crippen LogP contribution in [0.4, 0.5) is 5.82 Å². The van der Waals surface area contributed by atoms with E-state index in [1.807, 2.05) is 43.3 Å². The van der Waals surface area contributed by atoms with E-state index in [9.17, 15) is 4.79 Å². The number of aromatic nitrogens is 1. The third-order valence-corrected chi connectivity index (χ3v) is 2.47. The summed E-state index contributed by atoms with van der Waals surface area (Å²) >= 11 is 0. The molecule has 1 aromatic heterocycles. The maximum Gasteiger partial charge on any atom is 0.305 e. The number of para-hydroxylation sites is 1. The van der Waals surface area contributed by atoms with Gasteiger partial charge in [0.2, 0.25) is 0 Å². The zero-order valence-corrected chi connectivity index (χ0v) is 9.55. The van der Waals surface area contributed by atoms with Gasteiger partial charge in [0.15, 0.2) is 0 Å². The van der Waals surface area contributed by atoms with E-state index in [1.54, 1.807) is 0 Å². The van der Waals surface area contributed by atoms with Gasteiger partial charge in [0.25, 0.3) is 0 Å². The molecule has 0 saturated carbocycles. The molecular formula is C13H14N2O2. The Morgan fingerprint density at radius 1 is 1.35 bits per heavy atom. The van der Waals surface area contributed by atoms with Gasteiger partial charge in [0.1, 0.15) is 5.82 Å². The zero-order valence-electron chi connectivity index (χ0n) is 9.55. The molecule has 1 heterocycles. The second kappa shape index (κ2) is 4.82. The zero-order chi connectivity index (χ0) is 12.3. The van der Waals surface area contributed by atoms with Gasteiger partial charge < -0.3 is 10.4 Å². The van der Waals surface area contributed by atoms with Gasteiger partial charge in [-0.15, -0.1) is 0 Å². The standard InChI is InChI=1S/C13H14N2O2/c1-9(8-13(16)17)14-12-7-6-10-4-2-3-5-11(10)15-12/h2-7,9H,8H2,1H3,(H,14,15)(H,16,17). The molecule has 0 aliphatic carbocycles. The van der Waals surface area contributed by atoms with Gasteiger partial charge in [-0.25, -0.2) is 4.98 Å². The molecule has 0 spiro atoms. The smallest absolute Gasteiger partial charge is 0.305 e. The van der Waals surface area contributed by atoms with Crippen LogP contribution in [0.15, 0.2) is 36.4 Å². The van der Waals surface area contributed by atoms with E-state index in [0.29, 0.717) is 5.82 Å². The van der Waals surface area contributed by atoms with Crippen LogP contribution >= 0.6 is 0 Å². The number of rotatable bonds is 4. The molecular weight excluding hydrogens is 216 g/mol. The summed E-state index contributed by atoms with van der Waals surface area (Å²) < 4.78 is 0. The minimum absolute atomic E-state index is 0.0779. The maximum atomic E-state index is 10.6. The molecule has 88 valence electrons. The first-order valence-electron chi connectivity index (χ1n) is 5.49. The first kappa shape index (κ1) is 11.4. The number of hydrogen-bond acceptors (Lipinski definition) is 3. The number of carboxylic acid groups (broad SMARTS) is 1. The SMILES string of the molecule is CC(CC(=O)O)Nc1ccc2ccccc2n1. The van der Waals surface area contributed by atoms with Crippen molar-refractivity contribution in [2.45, 2.75) is 19.4 Å². The van der Waals surface area contributed by atoms with Crippen molar-refractivity contribution in [3.8, 4) is 0 Å². The van der Waals surface area contributed by atoms with Crippen LogP contribution in [-0.4, -0.2) is 22.1 Å². The third kappa shape index (κ3) is 2.93. The lowest BCUT2D eigenvalue weighted by atomic mass is 10.2. The van der Waals surface area contributed by atoms with Crippen LogP contribution < -0.4 is 5.32 Å². The predicted molar refractivity (Wildman–Crippen MR) is 67.1 cm³/mol. The first-order chi connectivity index (χ1) is 8.15. The normalized spacial score (nSPS) is 12.3. The lowest BCUT2D eigenvalue weighted by Gasteiger charge is -2.12. The molecule has 0 amide bonds. The maximum absolute atomic E-state index is 10.6. The third-order valence-electron chi connectivity index (χ3n) is 2.47. The Kier molecular flexibility index (Phi) is 3.23. The highest BCUT2D eigenvalue weighted by Crippen LogP contribution is 2.15. The van der Waals surface area contributed by atoms with Crippen LogP contribution in [0.1, 0.15) is 13.3 Å². The van der Waals surface area contributed by atoms with Crippen molar-refractivity contribution < 1.29 is 9.90 Å². The van der Waals surface area contributed by atoms with Gasteiger partial charge in [-0.05, 0) is 25.1 Å². The number of fused-ring (bicyclic) bond motifs is 1. The van der Waals surface area contributed by atoms with Gasteiger partial charge in [-0.1, -0.05) is 18.2 Å². The Morgan fingerprint density at radius 3 is 2.88 bits per heavy atom. The van der Waals surface area contributed by atoms with E-state index >= 15 is 0 Å². The summed E-state index contributed by atoms with van der Waals surface area (Å²) in [6.07, 6.45) is 0.0779. The van der Waals surface area contributed by atoms with Crippen molar-refractivity contribution in [3.05, 3.63) is 36.4 Å². The highest BCUT2D eigenvalue weighted by Gasteiger charge is 2.07. The Bertz CT molecular complexity index is 540. The van der Waals surface area contributed by atoms with Crippen LogP contribution in [-0.2, 0) is 4.79 Å². The molecule has 2 N–H and O–H groups in total. The minimum atomic E-state index is -0.814. The largest absolute Gasteiger partial charge is 0.481 e. The van der Waals surface area contributed by atoms with Crippen LogP contribution in [0, 0.1) is 0 Å². The summed E-state index contributed by atoms with van der Waals surface area (Å²) in [6.45, 7) is 1.82. The van der Waals surface area contributed by atoms with Crippen LogP contribution in [0.25, 0.3) is 10.9 Å². The number of benzene rings is 1. The fraction of sp³-hybridized carbons (Fsp3) is 0.231. The van der Waals surface area contributed by atoms with E-state index < -0.39 is 5.97 Å². The van der Waals surface area contributed by atoms with Gasteiger partial charge in [0.05, 0.1) is 11.9 Å². The summed E-state index contributed by atoms with van der Waals surface area (Å²) in [5.74, 6) is -0.108. The molecule has 17 heavy (non-hydrogen) atoms. The Morgan fingerprint density at radius 2 is 2.12 bits per heavy atom. The predicted octanol–water partition coefficient (Wildman–Crippen LogP) is 2.51. The fourth-order valence-electron chi connectivity index (χ4n) is 1.71. The Balaban J connectivity index is 2.16. The highest BCUT2D eigenvalue weighted by molar-refractivity contribution is 5.80. The van der Waals surface area contributed by atoms with Crippen LogP contribution in [0.2, 0.25) is 0 Å². The second-order valence-electron chi connectivity index (χ2n) is 4.03. The number of nitrogens with one attached hydrogen (secondary N) is 1. The molecule has 0 fully saturated rings. The second-order valence-corrected chi connectivity index (χ2v) is 4.03. The van der Waals surface area contributed by atoms with Crippen molar-refractivity contribution in [1.82, 2.24) is 4.98 Å². The summed E-state index contributed by atoms with van der Waals surface area (Å²) in [5.41, 5.74) is 0.903. The van der Waals surface area contributed by atoms with Crippen LogP contribution in [0.5, 0.6) is 0 Å². The number of aliphatic carboxylic acids is 1. The average Bonchev–Trinajstić information content (AvgIpc) is 2.27. The van der Waals surface area contributed by atoms with E-state index in [2.05, 4.69) is 10.3 Å². The average molecular weight is 230 g/mol. The topological polar surface area (TPSA) is 62.2 Å². The Labute approximate surface area is 99.3 Å². The molecule has 0 radical (unpaired) electrons. The number of nitrogens with zero attached hydrogens (tertiary/aromatic N) is 1. The van der Waals surface area contributed by atoms with Gasteiger partial charge in [-0.3, -0.25) is 4.79 Å². The quantitative estimate of drug-likeness (QED) is 0.847. The van der Waals surface area contributed by atoms with Gasteiger partial charge >= 0.3 is 5.97 Å². The number of hydrogen-bond donors (Lipinski definition) is 2. The molecule has 1 unspecified atom stereocenters. The highest BCUT2D eigenvalue weighted by atomic mass is 16.4. The van der Waals surface area contributed by atoms with Crippen molar-refractivity contribution in [1.29, 1.82) is 0 Å². The molecule has 1 atom stereocenters. The number of pyridine rings is 1. The monoisotopic (exact) mass is 230 g/mol. The summed E-state index contributed by atoms with van der Waals surface area (Å²) in [6, 6.07) is 11.5. The molecule has 1 aromatic carbocycles. The molecule has 4 nitrogen and oxygen atoms in total. The van der Waals surface area contributed by atoms with Gasteiger partial charge in [-0.2, -0.15) is 0 Å². The summed E-state index contributed by atoms with van der Waals surface area (Å²) in [7, 11) is 0. The fourth-order valence-corrected chi connectivity index (χ4v) is 1.71. The van der Waals surface area contributed by atoms with Crippen molar-refractivity contribution in [2.75, 3.05) is 5.32 Å². The molecule has 0 aliphatic rings. The van der Waals surface area contributed by atoms with E-state index in [1.165, 1.54) is 0 Å². The lowest BCUT2D eigenvalue weighted by Crippen LogP contribution is -2.19. The number of carboxylic acids is 1. The molecule has 2 rings (SSSR count). The minimum Gasteiger partial charge on any atom is -0.481 e. The molecule has 0 bridgehead atoms. The Hall–Kier alpha value is -2.10. The summed E-state index contributed by atoms with van der Waals surface area (Å²) in [4.78, 5) is 15.0. The van der Waals surface area contributed by atoms with Crippen LogP contribution in [0.3, 0.4) is 0 Å². The van der Waals surface area contributed by atoms with E-state index in [4.69, 9.17) is 5.11 Å². The van der Waals surface area contributed by atoms with E-state index in [0.717, 1.165) is 10.9 Å². The molecule has 0 saturated heterocycles. The van der Waals surface area contributed by atoms with Crippen molar-refractivity contribution >= 4 is 22.7 Å². The van der Waals surface area contributed by atoms with Gasteiger partial charge in [0, 0.05) is 11.4 Å². The molecule has 2 aromatic rings.